The Morgan fingerprint density at radius 1 is 0.905 bits per heavy atom. The number of hydrogen-bond acceptors (Lipinski definition) is 3. The first kappa shape index (κ1) is 14.4. The number of benzene rings is 2. The normalized spacial score (nSPS) is 10.5. The van der Waals surface area contributed by atoms with Crippen LogP contribution in [0.4, 0.5) is 13.2 Å². The first-order valence-corrected chi connectivity index (χ1v) is 5.74. The fourth-order valence-corrected chi connectivity index (χ4v) is 1.70. The van der Waals surface area contributed by atoms with Crippen molar-refractivity contribution in [3.05, 3.63) is 59.2 Å². The van der Waals surface area contributed by atoms with Crippen molar-refractivity contribution >= 4 is 0 Å². The van der Waals surface area contributed by atoms with Gasteiger partial charge in [-0.05, 0) is 30.3 Å². The van der Waals surface area contributed by atoms with Crippen LogP contribution in [0, 0.1) is 22.7 Å². The molecule has 0 bridgehead atoms. The molecule has 0 saturated carbocycles. The third kappa shape index (κ3) is 3.13. The van der Waals surface area contributed by atoms with Gasteiger partial charge in [0, 0.05) is 0 Å². The number of alkyl halides is 3. The SMILES string of the molecule is N#Cc1ccccc1Oc1ccc(C(F)(F)F)c(C#N)c1. The molecular formula is C15H7F3N2O. The molecule has 21 heavy (non-hydrogen) atoms. The highest BCUT2D eigenvalue weighted by molar-refractivity contribution is 5.48. The topological polar surface area (TPSA) is 56.8 Å². The van der Waals surface area contributed by atoms with Crippen molar-refractivity contribution in [2.45, 2.75) is 6.18 Å². The molecule has 2 aromatic rings. The van der Waals surface area contributed by atoms with E-state index in [0.29, 0.717) is 0 Å². The van der Waals surface area contributed by atoms with Crippen LogP contribution in [-0.2, 0) is 6.18 Å². The van der Waals surface area contributed by atoms with Crippen LogP contribution in [-0.4, -0.2) is 0 Å². The molecule has 0 aliphatic carbocycles. The molecule has 0 aromatic heterocycles. The van der Waals surface area contributed by atoms with Crippen molar-refractivity contribution in [3.8, 4) is 23.6 Å². The van der Waals surface area contributed by atoms with Crippen molar-refractivity contribution in [2.75, 3.05) is 0 Å². The predicted octanol–water partition coefficient (Wildman–Crippen LogP) is 4.24. The molecule has 0 N–H and O–H groups in total. The number of para-hydroxylation sites is 1. The highest BCUT2D eigenvalue weighted by Crippen LogP contribution is 2.34. The smallest absolute Gasteiger partial charge is 0.417 e. The third-order valence-corrected chi connectivity index (χ3v) is 2.65. The Balaban J connectivity index is 2.40. The van der Waals surface area contributed by atoms with Crippen molar-refractivity contribution in [1.82, 2.24) is 0 Å². The minimum atomic E-state index is -4.60. The summed E-state index contributed by atoms with van der Waals surface area (Å²) in [4.78, 5) is 0. The van der Waals surface area contributed by atoms with E-state index >= 15 is 0 Å². The molecule has 0 aliphatic heterocycles. The molecule has 0 spiro atoms. The molecule has 0 radical (unpaired) electrons. The molecule has 0 fully saturated rings. The lowest BCUT2D eigenvalue weighted by molar-refractivity contribution is -0.137. The summed E-state index contributed by atoms with van der Waals surface area (Å²) in [6.45, 7) is 0. The molecule has 0 aliphatic rings. The highest BCUT2D eigenvalue weighted by Gasteiger charge is 2.33. The molecule has 3 nitrogen and oxygen atoms in total. The van der Waals surface area contributed by atoms with E-state index in [1.165, 1.54) is 18.2 Å². The van der Waals surface area contributed by atoms with Crippen molar-refractivity contribution in [1.29, 1.82) is 10.5 Å². The van der Waals surface area contributed by atoms with Crippen LogP contribution in [0.5, 0.6) is 11.5 Å². The van der Waals surface area contributed by atoms with Crippen molar-refractivity contribution < 1.29 is 17.9 Å². The van der Waals surface area contributed by atoms with Crippen LogP contribution >= 0.6 is 0 Å². The third-order valence-electron chi connectivity index (χ3n) is 2.65. The lowest BCUT2D eigenvalue weighted by Crippen LogP contribution is -2.07. The Kier molecular flexibility index (Phi) is 3.82. The van der Waals surface area contributed by atoms with E-state index in [4.69, 9.17) is 15.3 Å². The Morgan fingerprint density at radius 3 is 2.19 bits per heavy atom. The van der Waals surface area contributed by atoms with E-state index in [2.05, 4.69) is 0 Å². The van der Waals surface area contributed by atoms with Crippen LogP contribution in [0.15, 0.2) is 42.5 Å². The lowest BCUT2D eigenvalue weighted by Gasteiger charge is -2.11. The average Bonchev–Trinajstić information content (AvgIpc) is 2.46. The summed E-state index contributed by atoms with van der Waals surface area (Å²) in [7, 11) is 0. The summed E-state index contributed by atoms with van der Waals surface area (Å²) >= 11 is 0. The highest BCUT2D eigenvalue weighted by atomic mass is 19.4. The van der Waals surface area contributed by atoms with E-state index in [9.17, 15) is 13.2 Å². The van der Waals surface area contributed by atoms with Crippen LogP contribution in [0.25, 0.3) is 0 Å². The van der Waals surface area contributed by atoms with E-state index in [-0.39, 0.29) is 17.1 Å². The molecule has 0 heterocycles. The Morgan fingerprint density at radius 2 is 1.57 bits per heavy atom. The van der Waals surface area contributed by atoms with Gasteiger partial charge < -0.3 is 4.74 Å². The number of nitrogens with zero attached hydrogens (tertiary/aromatic N) is 2. The quantitative estimate of drug-likeness (QED) is 0.830. The zero-order valence-corrected chi connectivity index (χ0v) is 10.5. The predicted molar refractivity (Wildman–Crippen MR) is 67.4 cm³/mol. The molecule has 104 valence electrons. The maximum atomic E-state index is 12.7. The van der Waals surface area contributed by atoms with Gasteiger partial charge >= 0.3 is 6.18 Å². The van der Waals surface area contributed by atoms with Crippen molar-refractivity contribution in [2.24, 2.45) is 0 Å². The van der Waals surface area contributed by atoms with Gasteiger partial charge in [-0.15, -0.1) is 0 Å². The van der Waals surface area contributed by atoms with E-state index in [1.54, 1.807) is 12.1 Å². The Labute approximate surface area is 118 Å². The summed E-state index contributed by atoms with van der Waals surface area (Å²) in [5, 5.41) is 17.7. The minimum absolute atomic E-state index is 0.0576. The first-order chi connectivity index (χ1) is 9.95. The van der Waals surface area contributed by atoms with Crippen LogP contribution in [0.2, 0.25) is 0 Å². The number of hydrogen-bond donors (Lipinski definition) is 0. The lowest BCUT2D eigenvalue weighted by atomic mass is 10.1. The second-order valence-corrected chi connectivity index (χ2v) is 4.03. The van der Waals surface area contributed by atoms with Gasteiger partial charge in [-0.1, -0.05) is 12.1 Å². The standard InChI is InChI=1S/C15H7F3N2O/c16-15(17,18)13-6-5-12(7-11(13)9-20)21-14-4-2-1-3-10(14)8-19/h1-7H. The number of halogens is 3. The Hall–Kier alpha value is -2.99. The summed E-state index contributed by atoms with van der Waals surface area (Å²) in [5.41, 5.74) is -1.31. The summed E-state index contributed by atoms with van der Waals surface area (Å²) in [6.07, 6.45) is -4.60. The van der Waals surface area contributed by atoms with Gasteiger partial charge in [-0.2, -0.15) is 23.7 Å². The van der Waals surface area contributed by atoms with Gasteiger partial charge in [0.2, 0.25) is 0 Å². The number of ether oxygens (including phenoxy) is 1. The molecule has 2 aromatic carbocycles. The Bertz CT molecular complexity index is 755. The van der Waals surface area contributed by atoms with Crippen molar-refractivity contribution in [3.63, 3.8) is 0 Å². The van der Waals surface area contributed by atoms with E-state index < -0.39 is 17.3 Å². The van der Waals surface area contributed by atoms with Gasteiger partial charge in [-0.3, -0.25) is 0 Å². The summed E-state index contributed by atoms with van der Waals surface area (Å²) in [5.74, 6) is 0.269. The van der Waals surface area contributed by atoms with Gasteiger partial charge in [0.05, 0.1) is 22.8 Å². The van der Waals surface area contributed by atoms with Crippen LogP contribution in [0.3, 0.4) is 0 Å². The average molecular weight is 288 g/mol. The van der Waals surface area contributed by atoms with Gasteiger partial charge in [0.1, 0.15) is 17.6 Å². The molecule has 2 rings (SSSR count). The second-order valence-electron chi connectivity index (χ2n) is 4.03. The van der Waals surface area contributed by atoms with Crippen LogP contribution < -0.4 is 4.74 Å². The van der Waals surface area contributed by atoms with Gasteiger partial charge in [-0.25, -0.2) is 0 Å². The van der Waals surface area contributed by atoms with Gasteiger partial charge in [0.15, 0.2) is 0 Å². The number of rotatable bonds is 2. The summed E-state index contributed by atoms with van der Waals surface area (Å²) in [6, 6.07) is 12.6. The summed E-state index contributed by atoms with van der Waals surface area (Å²) < 4.78 is 43.4. The molecule has 0 saturated heterocycles. The fraction of sp³-hybridized carbons (Fsp3) is 0.0667. The van der Waals surface area contributed by atoms with E-state index in [1.807, 2.05) is 6.07 Å². The first-order valence-electron chi connectivity index (χ1n) is 5.74. The van der Waals surface area contributed by atoms with Gasteiger partial charge in [0.25, 0.3) is 0 Å². The largest absolute Gasteiger partial charge is 0.456 e. The second kappa shape index (κ2) is 5.56. The molecule has 0 atom stereocenters. The molecule has 0 amide bonds. The zero-order valence-electron chi connectivity index (χ0n) is 10.5. The fourth-order valence-electron chi connectivity index (χ4n) is 1.70. The zero-order chi connectivity index (χ0) is 15.5. The molecular weight excluding hydrogens is 281 g/mol. The monoisotopic (exact) mass is 288 g/mol. The maximum absolute atomic E-state index is 12.7. The maximum Gasteiger partial charge on any atom is 0.417 e. The van der Waals surface area contributed by atoms with Crippen LogP contribution in [0.1, 0.15) is 16.7 Å². The molecule has 6 heteroatoms. The molecule has 0 unspecified atom stereocenters. The minimum Gasteiger partial charge on any atom is -0.456 e. The van der Waals surface area contributed by atoms with E-state index in [0.717, 1.165) is 18.2 Å². The number of nitriles is 2.